The van der Waals surface area contributed by atoms with Gasteiger partial charge in [-0.15, -0.1) is 0 Å². The maximum absolute atomic E-state index is 11.2. The van der Waals surface area contributed by atoms with Gasteiger partial charge in [-0.05, 0) is 12.3 Å². The lowest BCUT2D eigenvalue weighted by Gasteiger charge is -2.24. The molecule has 76 valence electrons. The summed E-state index contributed by atoms with van der Waals surface area (Å²) in [6, 6.07) is -0.189. The van der Waals surface area contributed by atoms with Crippen molar-refractivity contribution in [2.24, 2.45) is 5.92 Å². The molecule has 1 aliphatic rings. The number of nitrogens with one attached hydrogen (secondary N) is 1. The Kier molecular flexibility index (Phi) is 2.95. The average Bonchev–Trinajstić information content (AvgIpc) is 1.78. The molecule has 13 heavy (non-hydrogen) atoms. The Labute approximate surface area is 78.6 Å². The standard InChI is InChI=1S/C8H15NO3S/c1-6(2)3-7-4-13(11,12)5-8(10)9-7/h6-7H,3-5H2,1-2H3,(H,9,10). The lowest BCUT2D eigenvalue weighted by atomic mass is 10.1. The molecule has 1 aliphatic heterocycles. The Morgan fingerprint density at radius 3 is 2.62 bits per heavy atom. The number of sulfone groups is 1. The van der Waals surface area contributed by atoms with Gasteiger partial charge in [-0.1, -0.05) is 13.8 Å². The summed E-state index contributed by atoms with van der Waals surface area (Å²) in [4.78, 5) is 11.0. The van der Waals surface area contributed by atoms with E-state index in [1.165, 1.54) is 0 Å². The summed E-state index contributed by atoms with van der Waals surface area (Å²) < 4.78 is 22.4. The molecule has 0 aromatic carbocycles. The summed E-state index contributed by atoms with van der Waals surface area (Å²) in [6.07, 6.45) is 0.727. The third-order valence-corrected chi connectivity index (χ3v) is 3.54. The Morgan fingerprint density at radius 1 is 1.54 bits per heavy atom. The highest BCUT2D eigenvalue weighted by molar-refractivity contribution is 7.92. The maximum atomic E-state index is 11.2. The van der Waals surface area contributed by atoms with Crippen LogP contribution in [0.2, 0.25) is 0 Å². The number of rotatable bonds is 2. The van der Waals surface area contributed by atoms with Crippen molar-refractivity contribution in [1.29, 1.82) is 0 Å². The minimum Gasteiger partial charge on any atom is -0.351 e. The van der Waals surface area contributed by atoms with Gasteiger partial charge in [0.25, 0.3) is 0 Å². The molecule has 0 aliphatic carbocycles. The Balaban J connectivity index is 2.63. The second-order valence-corrected chi connectivity index (χ2v) is 6.06. The summed E-state index contributed by atoms with van der Waals surface area (Å²) in [5.74, 6) is -0.214. The lowest BCUT2D eigenvalue weighted by Crippen LogP contribution is -2.49. The average molecular weight is 205 g/mol. The smallest absolute Gasteiger partial charge is 0.235 e. The van der Waals surface area contributed by atoms with Gasteiger partial charge < -0.3 is 5.32 Å². The lowest BCUT2D eigenvalue weighted by molar-refractivity contribution is -0.119. The Bertz CT molecular complexity index is 295. The Hall–Kier alpha value is -0.580. The van der Waals surface area contributed by atoms with Crippen LogP contribution < -0.4 is 5.32 Å². The van der Waals surface area contributed by atoms with E-state index in [-0.39, 0.29) is 23.5 Å². The highest BCUT2D eigenvalue weighted by Gasteiger charge is 2.29. The molecule has 1 atom stereocenters. The monoisotopic (exact) mass is 205 g/mol. The van der Waals surface area contributed by atoms with Crippen molar-refractivity contribution in [3.05, 3.63) is 0 Å². The zero-order chi connectivity index (χ0) is 10.1. The van der Waals surface area contributed by atoms with E-state index < -0.39 is 9.84 Å². The first-order valence-corrected chi connectivity index (χ1v) is 6.21. The van der Waals surface area contributed by atoms with Crippen LogP contribution >= 0.6 is 0 Å². The van der Waals surface area contributed by atoms with Crippen molar-refractivity contribution in [3.63, 3.8) is 0 Å². The van der Waals surface area contributed by atoms with Crippen LogP contribution in [0.4, 0.5) is 0 Å². The molecule has 0 aromatic rings. The summed E-state index contributed by atoms with van der Waals surface area (Å²) >= 11 is 0. The van der Waals surface area contributed by atoms with Gasteiger partial charge in [-0.25, -0.2) is 8.42 Å². The highest BCUT2D eigenvalue weighted by atomic mass is 32.2. The zero-order valence-electron chi connectivity index (χ0n) is 7.91. The van der Waals surface area contributed by atoms with Crippen LogP contribution in [0.1, 0.15) is 20.3 Å². The molecule has 0 saturated carbocycles. The summed E-state index contributed by atoms with van der Waals surface area (Å²) in [5, 5.41) is 2.69. The SMILES string of the molecule is CC(C)CC1CS(=O)(=O)CC(=O)N1. The van der Waals surface area contributed by atoms with E-state index in [9.17, 15) is 13.2 Å². The van der Waals surface area contributed by atoms with E-state index in [1.807, 2.05) is 13.8 Å². The normalized spacial score (nSPS) is 27.3. The second-order valence-electron chi connectivity index (χ2n) is 3.95. The highest BCUT2D eigenvalue weighted by Crippen LogP contribution is 2.11. The van der Waals surface area contributed by atoms with E-state index in [2.05, 4.69) is 5.32 Å². The van der Waals surface area contributed by atoms with Crippen molar-refractivity contribution in [1.82, 2.24) is 5.32 Å². The number of amides is 1. The van der Waals surface area contributed by atoms with E-state index in [4.69, 9.17) is 0 Å². The van der Waals surface area contributed by atoms with Crippen LogP contribution in [0.25, 0.3) is 0 Å². The number of hydrogen-bond acceptors (Lipinski definition) is 3. The number of carbonyl (C=O) groups is 1. The van der Waals surface area contributed by atoms with Crippen LogP contribution in [-0.2, 0) is 14.6 Å². The molecule has 1 saturated heterocycles. The molecule has 1 amide bonds. The van der Waals surface area contributed by atoms with Crippen molar-refractivity contribution in [3.8, 4) is 0 Å². The second kappa shape index (κ2) is 3.65. The fraction of sp³-hybridized carbons (Fsp3) is 0.875. The first kappa shape index (κ1) is 10.5. The van der Waals surface area contributed by atoms with Crippen molar-refractivity contribution >= 4 is 15.7 Å². The van der Waals surface area contributed by atoms with Gasteiger partial charge in [-0.3, -0.25) is 4.79 Å². The summed E-state index contributed by atoms with van der Waals surface area (Å²) in [5.41, 5.74) is 0. The fourth-order valence-electron chi connectivity index (χ4n) is 1.57. The third-order valence-electron chi connectivity index (χ3n) is 1.93. The number of carbonyl (C=O) groups excluding carboxylic acids is 1. The Morgan fingerprint density at radius 2 is 2.15 bits per heavy atom. The number of hydrogen-bond donors (Lipinski definition) is 1. The van der Waals surface area contributed by atoms with E-state index in [1.54, 1.807) is 0 Å². The first-order valence-electron chi connectivity index (χ1n) is 4.39. The summed E-state index contributed by atoms with van der Waals surface area (Å²) in [7, 11) is -3.14. The van der Waals surface area contributed by atoms with Gasteiger partial charge in [0.1, 0.15) is 5.75 Å². The van der Waals surface area contributed by atoms with Crippen LogP contribution in [0.15, 0.2) is 0 Å². The van der Waals surface area contributed by atoms with Crippen LogP contribution in [-0.4, -0.2) is 31.9 Å². The molecule has 1 N–H and O–H groups in total. The molecule has 0 aromatic heterocycles. The van der Waals surface area contributed by atoms with Crippen LogP contribution in [0, 0.1) is 5.92 Å². The van der Waals surface area contributed by atoms with Gasteiger partial charge in [0.2, 0.25) is 5.91 Å². The summed E-state index contributed by atoms with van der Waals surface area (Å²) in [6.45, 7) is 4.01. The quantitative estimate of drug-likeness (QED) is 0.687. The van der Waals surface area contributed by atoms with Crippen LogP contribution in [0.5, 0.6) is 0 Å². The van der Waals surface area contributed by atoms with Gasteiger partial charge in [0.15, 0.2) is 9.84 Å². The molecule has 1 heterocycles. The molecule has 5 heteroatoms. The minimum absolute atomic E-state index is 0.0942. The molecule has 1 rings (SSSR count). The van der Waals surface area contributed by atoms with Crippen molar-refractivity contribution in [2.45, 2.75) is 26.3 Å². The van der Waals surface area contributed by atoms with Crippen molar-refractivity contribution in [2.75, 3.05) is 11.5 Å². The largest absolute Gasteiger partial charge is 0.351 e. The molecule has 0 bridgehead atoms. The molecule has 0 radical (unpaired) electrons. The fourth-order valence-corrected chi connectivity index (χ4v) is 3.01. The predicted molar refractivity (Wildman–Crippen MR) is 50.0 cm³/mol. The molecular formula is C8H15NO3S. The molecule has 1 fully saturated rings. The molecule has 1 unspecified atom stereocenters. The van der Waals surface area contributed by atoms with Gasteiger partial charge in [0, 0.05) is 6.04 Å². The first-order chi connectivity index (χ1) is 5.89. The molecule has 0 spiro atoms. The van der Waals surface area contributed by atoms with Gasteiger partial charge >= 0.3 is 0 Å². The predicted octanol–water partition coefficient (Wildman–Crippen LogP) is -0.0543. The van der Waals surface area contributed by atoms with E-state index in [0.717, 1.165) is 6.42 Å². The molecule has 4 nitrogen and oxygen atoms in total. The van der Waals surface area contributed by atoms with Crippen LogP contribution in [0.3, 0.4) is 0 Å². The van der Waals surface area contributed by atoms with Gasteiger partial charge in [-0.2, -0.15) is 0 Å². The van der Waals surface area contributed by atoms with E-state index >= 15 is 0 Å². The maximum Gasteiger partial charge on any atom is 0.235 e. The minimum atomic E-state index is -3.14. The van der Waals surface area contributed by atoms with Gasteiger partial charge in [0.05, 0.1) is 5.75 Å². The molecular weight excluding hydrogens is 190 g/mol. The third kappa shape index (κ3) is 3.34. The zero-order valence-corrected chi connectivity index (χ0v) is 8.73. The van der Waals surface area contributed by atoms with E-state index in [0.29, 0.717) is 5.92 Å². The topological polar surface area (TPSA) is 63.2 Å². The van der Waals surface area contributed by atoms with Crippen molar-refractivity contribution < 1.29 is 13.2 Å².